The molecular weight excluding hydrogens is 324 g/mol. The number of carbonyl (C=O) groups is 1. The van der Waals surface area contributed by atoms with E-state index in [1.807, 2.05) is 30.3 Å². The molecule has 1 aromatic carbocycles. The number of aromatic nitrogens is 1. The maximum absolute atomic E-state index is 12.0. The summed E-state index contributed by atoms with van der Waals surface area (Å²) in [7, 11) is 0. The number of hydrogen-bond donors (Lipinski definition) is 2. The first-order valence-corrected chi connectivity index (χ1v) is 8.04. The molecule has 0 amide bonds. The van der Waals surface area contributed by atoms with E-state index in [0.717, 1.165) is 16.9 Å². The Hall–Kier alpha value is -3.11. The number of hydrogen-bond acceptors (Lipinski definition) is 7. The number of esters is 1. The van der Waals surface area contributed by atoms with Crippen LogP contribution in [0.2, 0.25) is 0 Å². The highest BCUT2D eigenvalue weighted by atomic mass is 32.1. The molecule has 24 heavy (non-hydrogen) atoms. The van der Waals surface area contributed by atoms with Crippen molar-refractivity contribution in [2.24, 2.45) is 0 Å². The van der Waals surface area contributed by atoms with E-state index in [0.29, 0.717) is 15.9 Å². The van der Waals surface area contributed by atoms with Crippen LogP contribution in [0.4, 0.5) is 11.4 Å². The second kappa shape index (κ2) is 6.18. The van der Waals surface area contributed by atoms with Crippen molar-refractivity contribution in [3.05, 3.63) is 40.8 Å². The van der Waals surface area contributed by atoms with Crippen LogP contribution in [0.5, 0.6) is 0 Å². The van der Waals surface area contributed by atoms with Crippen molar-refractivity contribution in [1.82, 2.24) is 4.98 Å². The molecule has 2 heterocycles. The van der Waals surface area contributed by atoms with Gasteiger partial charge >= 0.3 is 5.97 Å². The van der Waals surface area contributed by atoms with Crippen LogP contribution in [0, 0.1) is 11.3 Å². The average molecular weight is 338 g/mol. The number of anilines is 2. The molecule has 0 aliphatic heterocycles. The highest BCUT2D eigenvalue weighted by Gasteiger charge is 2.23. The minimum absolute atomic E-state index is 0.203. The molecule has 0 aliphatic rings. The summed E-state index contributed by atoms with van der Waals surface area (Å²) in [5, 5.41) is 9.94. The quantitative estimate of drug-likeness (QED) is 0.709. The van der Waals surface area contributed by atoms with E-state index in [-0.39, 0.29) is 28.4 Å². The van der Waals surface area contributed by atoms with Gasteiger partial charge in [0.1, 0.15) is 21.3 Å². The van der Waals surface area contributed by atoms with Crippen LogP contribution in [0.3, 0.4) is 0 Å². The predicted octanol–water partition coefficient (Wildman–Crippen LogP) is 3.18. The number of nitrogens with zero attached hydrogens (tertiary/aromatic N) is 2. The van der Waals surface area contributed by atoms with Crippen LogP contribution in [-0.2, 0) is 4.74 Å². The first kappa shape index (κ1) is 15.8. The van der Waals surface area contributed by atoms with Crippen LogP contribution >= 0.6 is 11.3 Å². The molecule has 0 spiro atoms. The first-order chi connectivity index (χ1) is 11.6. The SMILES string of the molecule is CCOC(=O)c1sc2nc(-c3ccccc3)c(C#N)c(N)c2c1N. The zero-order chi connectivity index (χ0) is 17.3. The first-order valence-electron chi connectivity index (χ1n) is 7.22. The average Bonchev–Trinajstić information content (AvgIpc) is 2.93. The fraction of sp³-hybridized carbons (Fsp3) is 0.118. The van der Waals surface area contributed by atoms with Gasteiger partial charge in [-0.3, -0.25) is 0 Å². The molecule has 120 valence electrons. The number of pyridine rings is 1. The number of nitrogen functional groups attached to an aromatic ring is 2. The molecular formula is C17H14N4O2S. The van der Waals surface area contributed by atoms with Crippen molar-refractivity contribution >= 4 is 38.9 Å². The number of carbonyl (C=O) groups excluding carboxylic acids is 1. The molecule has 0 radical (unpaired) electrons. The number of benzene rings is 1. The Morgan fingerprint density at radius 1 is 1.29 bits per heavy atom. The molecule has 7 heteroatoms. The Bertz CT molecular complexity index is 974. The molecule has 0 saturated carbocycles. The molecule has 0 fully saturated rings. The predicted molar refractivity (Wildman–Crippen MR) is 94.6 cm³/mol. The Morgan fingerprint density at radius 3 is 2.62 bits per heavy atom. The van der Waals surface area contributed by atoms with E-state index in [4.69, 9.17) is 16.2 Å². The van der Waals surface area contributed by atoms with Gasteiger partial charge in [-0.15, -0.1) is 11.3 Å². The van der Waals surface area contributed by atoms with Gasteiger partial charge in [-0.2, -0.15) is 5.26 Å². The van der Waals surface area contributed by atoms with E-state index < -0.39 is 5.97 Å². The maximum Gasteiger partial charge on any atom is 0.350 e. The highest BCUT2D eigenvalue weighted by Crippen LogP contribution is 2.40. The van der Waals surface area contributed by atoms with Crippen molar-refractivity contribution in [2.75, 3.05) is 18.1 Å². The normalized spacial score (nSPS) is 10.5. The smallest absolute Gasteiger partial charge is 0.350 e. The Labute approximate surface area is 142 Å². The second-order valence-corrected chi connectivity index (χ2v) is 5.97. The van der Waals surface area contributed by atoms with Gasteiger partial charge in [-0.25, -0.2) is 9.78 Å². The fourth-order valence-corrected chi connectivity index (χ4v) is 3.45. The third kappa shape index (κ3) is 2.43. The van der Waals surface area contributed by atoms with Gasteiger partial charge in [0.05, 0.1) is 29.1 Å². The molecule has 3 aromatic rings. The highest BCUT2D eigenvalue weighted by molar-refractivity contribution is 7.21. The fourth-order valence-electron chi connectivity index (χ4n) is 2.45. The Morgan fingerprint density at radius 2 is 2.00 bits per heavy atom. The monoisotopic (exact) mass is 338 g/mol. The summed E-state index contributed by atoms with van der Waals surface area (Å²) in [6.45, 7) is 1.96. The van der Waals surface area contributed by atoms with Crippen LogP contribution in [0.1, 0.15) is 22.2 Å². The molecule has 0 aliphatic carbocycles. The van der Waals surface area contributed by atoms with Crippen molar-refractivity contribution < 1.29 is 9.53 Å². The molecule has 6 nitrogen and oxygen atoms in total. The lowest BCUT2D eigenvalue weighted by Crippen LogP contribution is -2.05. The van der Waals surface area contributed by atoms with Gasteiger partial charge in [0.2, 0.25) is 0 Å². The molecule has 0 saturated heterocycles. The van der Waals surface area contributed by atoms with Gasteiger partial charge in [-0.1, -0.05) is 30.3 Å². The Balaban J connectivity index is 2.31. The van der Waals surface area contributed by atoms with E-state index in [1.54, 1.807) is 6.92 Å². The lowest BCUT2D eigenvalue weighted by molar-refractivity contribution is 0.0533. The van der Waals surface area contributed by atoms with Crippen molar-refractivity contribution in [2.45, 2.75) is 6.92 Å². The van der Waals surface area contributed by atoms with Crippen LogP contribution in [0.25, 0.3) is 21.5 Å². The zero-order valence-electron chi connectivity index (χ0n) is 12.9. The van der Waals surface area contributed by atoms with E-state index in [2.05, 4.69) is 11.1 Å². The number of nitriles is 1. The van der Waals surface area contributed by atoms with E-state index in [1.165, 1.54) is 0 Å². The number of nitrogens with two attached hydrogens (primary N) is 2. The van der Waals surface area contributed by atoms with Crippen molar-refractivity contribution in [3.8, 4) is 17.3 Å². The van der Waals surface area contributed by atoms with Gasteiger partial charge in [-0.05, 0) is 6.92 Å². The molecule has 4 N–H and O–H groups in total. The third-order valence-electron chi connectivity index (χ3n) is 3.54. The summed E-state index contributed by atoms with van der Waals surface area (Å²) in [6, 6.07) is 11.4. The molecule has 0 atom stereocenters. The van der Waals surface area contributed by atoms with Crippen molar-refractivity contribution in [3.63, 3.8) is 0 Å². The summed E-state index contributed by atoms with van der Waals surface area (Å²) < 4.78 is 5.01. The van der Waals surface area contributed by atoms with E-state index >= 15 is 0 Å². The topological polar surface area (TPSA) is 115 Å². The minimum atomic E-state index is -0.517. The Kier molecular flexibility index (Phi) is 4.06. The molecule has 0 unspecified atom stereocenters. The van der Waals surface area contributed by atoms with Gasteiger partial charge in [0.15, 0.2) is 0 Å². The van der Waals surface area contributed by atoms with Crippen LogP contribution in [-0.4, -0.2) is 17.6 Å². The van der Waals surface area contributed by atoms with E-state index in [9.17, 15) is 10.1 Å². The zero-order valence-corrected chi connectivity index (χ0v) is 13.7. The number of rotatable bonds is 3. The van der Waals surface area contributed by atoms with Crippen molar-refractivity contribution in [1.29, 1.82) is 5.26 Å². The van der Waals surface area contributed by atoms with Gasteiger partial charge in [0, 0.05) is 5.56 Å². The molecule has 2 aromatic heterocycles. The third-order valence-corrected chi connectivity index (χ3v) is 4.61. The van der Waals surface area contributed by atoms with Gasteiger partial charge < -0.3 is 16.2 Å². The summed E-state index contributed by atoms with van der Waals surface area (Å²) >= 11 is 1.11. The number of fused-ring (bicyclic) bond motifs is 1. The molecule has 0 bridgehead atoms. The second-order valence-electron chi connectivity index (χ2n) is 4.97. The standard InChI is InChI=1S/C17H14N4O2S/c1-2-23-17(22)15-13(20)11-12(19)10(8-18)14(21-16(11)24-15)9-6-4-3-5-7-9/h3-7H,2,20H2,1H3,(H2,19,21). The summed E-state index contributed by atoms with van der Waals surface area (Å²) in [5.41, 5.74) is 14.1. The lowest BCUT2D eigenvalue weighted by atomic mass is 10.0. The minimum Gasteiger partial charge on any atom is -0.462 e. The lowest BCUT2D eigenvalue weighted by Gasteiger charge is -2.07. The largest absolute Gasteiger partial charge is 0.462 e. The summed E-state index contributed by atoms with van der Waals surface area (Å²) in [4.78, 5) is 17.3. The van der Waals surface area contributed by atoms with Gasteiger partial charge in [0.25, 0.3) is 0 Å². The molecule has 3 rings (SSSR count). The summed E-state index contributed by atoms with van der Waals surface area (Å²) in [6.07, 6.45) is 0. The van der Waals surface area contributed by atoms with Crippen LogP contribution < -0.4 is 11.5 Å². The summed E-state index contributed by atoms with van der Waals surface area (Å²) in [5.74, 6) is -0.517. The maximum atomic E-state index is 12.0. The van der Waals surface area contributed by atoms with Crippen LogP contribution in [0.15, 0.2) is 30.3 Å². The number of thiophene rings is 1. The number of ether oxygens (including phenoxy) is 1.